The average Bonchev–Trinajstić information content (AvgIpc) is 2.23. The van der Waals surface area contributed by atoms with Crippen LogP contribution in [-0.2, 0) is 0 Å². The van der Waals surface area contributed by atoms with Gasteiger partial charge in [0, 0.05) is 17.2 Å². The zero-order valence-electron chi connectivity index (χ0n) is 8.03. The third-order valence-electron chi connectivity index (χ3n) is 2.42. The summed E-state index contributed by atoms with van der Waals surface area (Å²) in [6.07, 6.45) is 0. The predicted molar refractivity (Wildman–Crippen MR) is 60.3 cm³/mol. The molecule has 0 atom stereocenters. The Balaban J connectivity index is 2.75. The molecule has 2 aromatic carbocycles. The first-order valence-corrected chi connectivity index (χ1v) is 4.80. The van der Waals surface area contributed by atoms with Gasteiger partial charge in [0.05, 0.1) is 4.92 Å². The minimum atomic E-state index is -0.399. The number of nitrogens with zero attached hydrogens (tertiary/aromatic N) is 1. The number of halogens is 1. The van der Waals surface area contributed by atoms with E-state index in [1.807, 2.05) is 6.92 Å². The van der Waals surface area contributed by atoms with Gasteiger partial charge in [-0.05, 0) is 35.4 Å². The van der Waals surface area contributed by atoms with E-state index in [2.05, 4.69) is 0 Å². The standard InChI is InChI=1S/C11H8ClNO2/c1-7-10-4-3-9(13(14)15)6-8(10)2-5-11(7)12/h2-6H,1H3. The molecule has 0 aliphatic carbocycles. The number of non-ortho nitro benzene ring substituents is 1. The molecule has 0 radical (unpaired) electrons. The molecule has 0 heterocycles. The molecular formula is C11H8ClNO2. The third kappa shape index (κ3) is 1.66. The van der Waals surface area contributed by atoms with Crippen LogP contribution in [0.2, 0.25) is 5.02 Å². The Kier molecular flexibility index (Phi) is 2.32. The van der Waals surface area contributed by atoms with Crippen LogP contribution in [0.1, 0.15) is 5.56 Å². The van der Waals surface area contributed by atoms with Gasteiger partial charge in [-0.1, -0.05) is 17.7 Å². The van der Waals surface area contributed by atoms with Crippen LogP contribution in [-0.4, -0.2) is 4.92 Å². The zero-order valence-corrected chi connectivity index (χ0v) is 8.78. The van der Waals surface area contributed by atoms with Gasteiger partial charge in [0.2, 0.25) is 0 Å². The lowest BCUT2D eigenvalue weighted by molar-refractivity contribution is -0.384. The van der Waals surface area contributed by atoms with E-state index in [1.54, 1.807) is 24.3 Å². The van der Waals surface area contributed by atoms with E-state index in [1.165, 1.54) is 6.07 Å². The topological polar surface area (TPSA) is 43.1 Å². The van der Waals surface area contributed by atoms with Crippen LogP contribution in [0, 0.1) is 17.0 Å². The molecule has 15 heavy (non-hydrogen) atoms. The Bertz CT molecular complexity index is 552. The van der Waals surface area contributed by atoms with E-state index in [-0.39, 0.29) is 5.69 Å². The van der Waals surface area contributed by atoms with Crippen LogP contribution in [0.15, 0.2) is 30.3 Å². The molecule has 0 aliphatic rings. The van der Waals surface area contributed by atoms with Crippen molar-refractivity contribution < 1.29 is 4.92 Å². The third-order valence-corrected chi connectivity index (χ3v) is 2.83. The summed E-state index contributed by atoms with van der Waals surface area (Å²) in [5, 5.41) is 13.0. The fourth-order valence-electron chi connectivity index (χ4n) is 1.56. The summed E-state index contributed by atoms with van der Waals surface area (Å²) in [6, 6.07) is 8.32. The molecule has 0 unspecified atom stereocenters. The summed E-state index contributed by atoms with van der Waals surface area (Å²) < 4.78 is 0. The minimum absolute atomic E-state index is 0.101. The molecule has 2 aromatic rings. The van der Waals surface area contributed by atoms with E-state index in [9.17, 15) is 10.1 Å². The first-order valence-electron chi connectivity index (χ1n) is 4.43. The number of nitro benzene ring substituents is 1. The lowest BCUT2D eigenvalue weighted by atomic mass is 10.1. The predicted octanol–water partition coefficient (Wildman–Crippen LogP) is 3.71. The molecule has 0 aliphatic heterocycles. The van der Waals surface area contributed by atoms with Crippen molar-refractivity contribution >= 4 is 28.1 Å². The van der Waals surface area contributed by atoms with Crippen molar-refractivity contribution in [1.82, 2.24) is 0 Å². The molecule has 0 saturated carbocycles. The summed E-state index contributed by atoms with van der Waals surface area (Å²) in [4.78, 5) is 10.2. The average molecular weight is 222 g/mol. The van der Waals surface area contributed by atoms with Crippen molar-refractivity contribution in [2.75, 3.05) is 0 Å². The molecular weight excluding hydrogens is 214 g/mol. The van der Waals surface area contributed by atoms with Gasteiger partial charge in [-0.25, -0.2) is 0 Å². The van der Waals surface area contributed by atoms with Crippen LogP contribution >= 0.6 is 11.6 Å². The van der Waals surface area contributed by atoms with Crippen LogP contribution < -0.4 is 0 Å². The number of rotatable bonds is 1. The highest BCUT2D eigenvalue weighted by Gasteiger charge is 2.08. The molecule has 0 fully saturated rings. The van der Waals surface area contributed by atoms with Crippen molar-refractivity contribution in [3.05, 3.63) is 51.0 Å². The molecule has 0 N–H and O–H groups in total. The van der Waals surface area contributed by atoms with Gasteiger partial charge in [0.25, 0.3) is 5.69 Å². The zero-order chi connectivity index (χ0) is 11.0. The molecule has 0 bridgehead atoms. The summed E-state index contributed by atoms with van der Waals surface area (Å²) in [7, 11) is 0. The highest BCUT2D eigenvalue weighted by atomic mass is 35.5. The van der Waals surface area contributed by atoms with Gasteiger partial charge in [0.15, 0.2) is 0 Å². The highest BCUT2D eigenvalue weighted by molar-refractivity contribution is 6.32. The summed E-state index contributed by atoms with van der Waals surface area (Å²) in [5.74, 6) is 0. The number of hydrogen-bond acceptors (Lipinski definition) is 2. The van der Waals surface area contributed by atoms with Crippen LogP contribution in [0.3, 0.4) is 0 Å². The smallest absolute Gasteiger partial charge is 0.258 e. The van der Waals surface area contributed by atoms with Crippen molar-refractivity contribution in [3.63, 3.8) is 0 Å². The number of aryl methyl sites for hydroxylation is 1. The first kappa shape index (κ1) is 9.93. The Hall–Kier alpha value is -1.61. The highest BCUT2D eigenvalue weighted by Crippen LogP contribution is 2.27. The number of benzene rings is 2. The van der Waals surface area contributed by atoms with Gasteiger partial charge in [-0.15, -0.1) is 0 Å². The van der Waals surface area contributed by atoms with Crippen molar-refractivity contribution in [3.8, 4) is 0 Å². The second-order valence-corrected chi connectivity index (χ2v) is 3.74. The fourth-order valence-corrected chi connectivity index (χ4v) is 1.72. The first-order chi connectivity index (χ1) is 7.09. The van der Waals surface area contributed by atoms with Crippen LogP contribution in [0.25, 0.3) is 10.8 Å². The normalized spacial score (nSPS) is 10.5. The summed E-state index contributed by atoms with van der Waals surface area (Å²) in [6.45, 7) is 1.90. The number of hydrogen-bond donors (Lipinski definition) is 0. The van der Waals surface area contributed by atoms with E-state index in [4.69, 9.17) is 11.6 Å². The Labute approximate surface area is 91.4 Å². The maximum Gasteiger partial charge on any atom is 0.270 e. The largest absolute Gasteiger partial charge is 0.270 e. The number of fused-ring (bicyclic) bond motifs is 1. The second-order valence-electron chi connectivity index (χ2n) is 3.33. The molecule has 3 nitrogen and oxygen atoms in total. The molecule has 2 rings (SSSR count). The molecule has 76 valence electrons. The van der Waals surface area contributed by atoms with Gasteiger partial charge in [-0.3, -0.25) is 10.1 Å². The van der Waals surface area contributed by atoms with Crippen molar-refractivity contribution in [2.45, 2.75) is 6.92 Å². The Morgan fingerprint density at radius 2 is 2.00 bits per heavy atom. The van der Waals surface area contributed by atoms with Gasteiger partial charge >= 0.3 is 0 Å². The van der Waals surface area contributed by atoms with Crippen LogP contribution in [0.4, 0.5) is 5.69 Å². The van der Waals surface area contributed by atoms with Crippen molar-refractivity contribution in [1.29, 1.82) is 0 Å². The molecule has 4 heteroatoms. The van der Waals surface area contributed by atoms with E-state index < -0.39 is 4.92 Å². The van der Waals surface area contributed by atoms with Crippen molar-refractivity contribution in [2.24, 2.45) is 0 Å². The maximum atomic E-state index is 10.6. The summed E-state index contributed by atoms with van der Waals surface area (Å²) >= 11 is 5.96. The maximum absolute atomic E-state index is 10.6. The quantitative estimate of drug-likeness (QED) is 0.544. The fraction of sp³-hybridized carbons (Fsp3) is 0.0909. The molecule has 0 amide bonds. The minimum Gasteiger partial charge on any atom is -0.258 e. The molecule has 0 spiro atoms. The Morgan fingerprint density at radius 3 is 2.67 bits per heavy atom. The lowest BCUT2D eigenvalue weighted by Crippen LogP contribution is -1.88. The van der Waals surface area contributed by atoms with Crippen LogP contribution in [0.5, 0.6) is 0 Å². The SMILES string of the molecule is Cc1c(Cl)ccc2cc([N+](=O)[O-])ccc12. The molecule has 0 saturated heterocycles. The monoisotopic (exact) mass is 221 g/mol. The van der Waals surface area contributed by atoms with E-state index >= 15 is 0 Å². The van der Waals surface area contributed by atoms with Gasteiger partial charge in [0.1, 0.15) is 0 Å². The van der Waals surface area contributed by atoms with E-state index in [0.717, 1.165) is 16.3 Å². The van der Waals surface area contributed by atoms with E-state index in [0.29, 0.717) is 5.02 Å². The molecule has 0 aromatic heterocycles. The number of nitro groups is 1. The second kappa shape index (κ2) is 3.51. The van der Waals surface area contributed by atoms with Gasteiger partial charge in [-0.2, -0.15) is 0 Å². The lowest BCUT2D eigenvalue weighted by Gasteiger charge is -2.03. The van der Waals surface area contributed by atoms with Gasteiger partial charge < -0.3 is 0 Å². The summed E-state index contributed by atoms with van der Waals surface area (Å²) in [5.41, 5.74) is 1.05. The Morgan fingerprint density at radius 1 is 1.27 bits per heavy atom.